The number of carbonyl (C=O) groups is 1. The van der Waals surface area contributed by atoms with Crippen LogP contribution in [0, 0.1) is 0 Å². The first-order valence-electron chi connectivity index (χ1n) is 12.5. The Morgan fingerprint density at radius 3 is 2.76 bits per heavy atom. The van der Waals surface area contributed by atoms with Gasteiger partial charge >= 0.3 is 0 Å². The van der Waals surface area contributed by atoms with Crippen LogP contribution in [-0.4, -0.2) is 55.1 Å². The first-order valence-corrected chi connectivity index (χ1v) is 12.5. The molecule has 3 heterocycles. The van der Waals surface area contributed by atoms with E-state index < -0.39 is 0 Å². The molecule has 2 aromatic rings. The highest BCUT2D eigenvalue weighted by atomic mass is 16.5. The van der Waals surface area contributed by atoms with Crippen molar-refractivity contribution < 1.29 is 9.53 Å². The van der Waals surface area contributed by atoms with Gasteiger partial charge in [0.25, 0.3) is 0 Å². The summed E-state index contributed by atoms with van der Waals surface area (Å²) in [5.74, 6) is 1.26. The number of anilines is 2. The molecule has 0 unspecified atom stereocenters. The molecule has 1 aliphatic carbocycles. The van der Waals surface area contributed by atoms with Gasteiger partial charge in [-0.3, -0.25) is 9.69 Å². The lowest BCUT2D eigenvalue weighted by atomic mass is 9.79. The summed E-state index contributed by atoms with van der Waals surface area (Å²) in [6, 6.07) is 10.8. The first-order chi connectivity index (χ1) is 16.0. The number of fused-ring (bicyclic) bond motifs is 2. The lowest BCUT2D eigenvalue weighted by molar-refractivity contribution is -0.117. The minimum atomic E-state index is -0.187. The van der Waals surface area contributed by atoms with Gasteiger partial charge in [0.15, 0.2) is 0 Å². The van der Waals surface area contributed by atoms with Gasteiger partial charge in [-0.2, -0.15) is 4.98 Å². The van der Waals surface area contributed by atoms with Gasteiger partial charge in [0, 0.05) is 55.3 Å². The highest BCUT2D eigenvalue weighted by molar-refractivity contribution is 5.94. The van der Waals surface area contributed by atoms with Crippen LogP contribution in [0.5, 0.6) is 5.88 Å². The molecule has 2 aliphatic heterocycles. The zero-order chi connectivity index (χ0) is 22.8. The number of aryl methyl sites for hydroxylation is 1. The van der Waals surface area contributed by atoms with E-state index in [0.717, 1.165) is 51.1 Å². The van der Waals surface area contributed by atoms with E-state index in [1.807, 2.05) is 12.1 Å². The molecule has 1 amide bonds. The third-order valence-corrected chi connectivity index (χ3v) is 7.41. The van der Waals surface area contributed by atoms with Gasteiger partial charge in [-0.1, -0.05) is 26.0 Å². The van der Waals surface area contributed by atoms with Crippen LogP contribution in [0.25, 0.3) is 0 Å². The first kappa shape index (κ1) is 22.2. The lowest BCUT2D eigenvalue weighted by Gasteiger charge is -2.37. The van der Waals surface area contributed by atoms with E-state index >= 15 is 0 Å². The lowest BCUT2D eigenvalue weighted by Crippen LogP contribution is -2.47. The zero-order valence-corrected chi connectivity index (χ0v) is 20.0. The predicted molar refractivity (Wildman–Crippen MR) is 132 cm³/mol. The Bertz CT molecular complexity index is 1010. The predicted octanol–water partition coefficient (Wildman–Crippen LogP) is 4.17. The van der Waals surface area contributed by atoms with Crippen LogP contribution in [-0.2, 0) is 23.1 Å². The Balaban J connectivity index is 1.04. The molecule has 1 N–H and O–H groups in total. The summed E-state index contributed by atoms with van der Waals surface area (Å²) in [7, 11) is 0. The van der Waals surface area contributed by atoms with E-state index in [9.17, 15) is 4.79 Å². The second kappa shape index (κ2) is 9.34. The van der Waals surface area contributed by atoms with E-state index in [1.54, 1.807) is 11.1 Å². The monoisotopic (exact) mass is 448 g/mol. The van der Waals surface area contributed by atoms with Crippen molar-refractivity contribution in [2.75, 3.05) is 49.5 Å². The van der Waals surface area contributed by atoms with E-state index in [4.69, 9.17) is 4.74 Å². The van der Waals surface area contributed by atoms with Crippen LogP contribution in [0.3, 0.4) is 0 Å². The molecule has 6 heteroatoms. The average molecular weight is 449 g/mol. The summed E-state index contributed by atoms with van der Waals surface area (Å²) in [6.07, 6.45) is 6.41. The van der Waals surface area contributed by atoms with Gasteiger partial charge in [-0.05, 0) is 61.9 Å². The van der Waals surface area contributed by atoms with Crippen LogP contribution >= 0.6 is 0 Å². The second-order valence-electron chi connectivity index (χ2n) is 10.3. The fraction of sp³-hybridized carbons (Fsp3) is 0.556. The topological polar surface area (TPSA) is 57.7 Å². The molecular weight excluding hydrogens is 412 g/mol. The largest absolute Gasteiger partial charge is 0.478 e. The van der Waals surface area contributed by atoms with Crippen molar-refractivity contribution in [1.29, 1.82) is 0 Å². The normalized spacial score (nSPS) is 19.7. The number of carbonyl (C=O) groups excluding carboxylic acids is 1. The maximum Gasteiger partial charge on any atom is 0.226 e. The van der Waals surface area contributed by atoms with Crippen molar-refractivity contribution in [1.82, 2.24) is 9.88 Å². The Kier molecular flexibility index (Phi) is 6.28. The number of aromatic nitrogens is 1. The van der Waals surface area contributed by atoms with Gasteiger partial charge in [0.05, 0.1) is 6.61 Å². The number of pyridine rings is 1. The van der Waals surface area contributed by atoms with Gasteiger partial charge in [0.2, 0.25) is 11.8 Å². The number of benzene rings is 1. The molecule has 0 radical (unpaired) electrons. The molecule has 1 aromatic carbocycles. The van der Waals surface area contributed by atoms with Gasteiger partial charge in [-0.25, -0.2) is 0 Å². The summed E-state index contributed by atoms with van der Waals surface area (Å²) in [5.41, 5.74) is 5.54. The van der Waals surface area contributed by atoms with Gasteiger partial charge in [0.1, 0.15) is 5.82 Å². The SMILES string of the molecule is CC1(C)CC(=O)Nc2nc(OCCCCN3CCN(c4cccc5c4CCC5)CC3)ccc21. The maximum absolute atomic E-state index is 12.0. The van der Waals surface area contributed by atoms with Crippen molar-refractivity contribution in [3.63, 3.8) is 0 Å². The number of nitrogens with zero attached hydrogens (tertiary/aromatic N) is 3. The van der Waals surface area contributed by atoms with E-state index in [1.165, 1.54) is 24.9 Å². The smallest absolute Gasteiger partial charge is 0.226 e. The highest BCUT2D eigenvalue weighted by Crippen LogP contribution is 2.37. The average Bonchev–Trinajstić information content (AvgIpc) is 3.27. The van der Waals surface area contributed by atoms with Crippen LogP contribution in [0.15, 0.2) is 30.3 Å². The Morgan fingerprint density at radius 1 is 1.06 bits per heavy atom. The van der Waals surface area contributed by atoms with Crippen molar-refractivity contribution >= 4 is 17.4 Å². The number of hydrogen-bond acceptors (Lipinski definition) is 5. The molecule has 1 fully saturated rings. The summed E-state index contributed by atoms with van der Waals surface area (Å²) in [4.78, 5) is 21.7. The molecule has 0 spiro atoms. The van der Waals surface area contributed by atoms with Crippen LogP contribution < -0.4 is 15.0 Å². The van der Waals surface area contributed by atoms with E-state index in [0.29, 0.717) is 24.7 Å². The fourth-order valence-electron chi connectivity index (χ4n) is 5.56. The van der Waals surface area contributed by atoms with Crippen LogP contribution in [0.4, 0.5) is 11.5 Å². The molecule has 5 rings (SSSR count). The van der Waals surface area contributed by atoms with Crippen LogP contribution in [0.2, 0.25) is 0 Å². The number of ether oxygens (including phenoxy) is 1. The molecule has 1 aromatic heterocycles. The molecule has 176 valence electrons. The third kappa shape index (κ3) is 4.86. The minimum Gasteiger partial charge on any atom is -0.478 e. The third-order valence-electron chi connectivity index (χ3n) is 7.41. The van der Waals surface area contributed by atoms with E-state index in [-0.39, 0.29) is 11.3 Å². The molecule has 6 nitrogen and oxygen atoms in total. The highest BCUT2D eigenvalue weighted by Gasteiger charge is 2.33. The molecule has 3 aliphatic rings. The van der Waals surface area contributed by atoms with Gasteiger partial charge < -0.3 is 15.0 Å². The quantitative estimate of drug-likeness (QED) is 0.644. The number of unbranched alkanes of at least 4 members (excludes halogenated alkanes) is 1. The standard InChI is InChI=1S/C27H36N4O2/c1-27(2)19-24(32)28-26-22(27)11-12-25(29-26)33-18-4-3-13-30-14-16-31(17-15-30)23-10-6-8-20-7-5-9-21(20)23/h6,8,10-12H,3-5,7,9,13-19H2,1-2H3,(H,28,29,32). The molecule has 0 saturated carbocycles. The Morgan fingerprint density at radius 2 is 1.91 bits per heavy atom. The van der Waals surface area contributed by atoms with Crippen LogP contribution in [0.1, 0.15) is 56.2 Å². The molecular formula is C27H36N4O2. The second-order valence-corrected chi connectivity index (χ2v) is 10.3. The Labute approximate surface area is 197 Å². The van der Waals surface area contributed by atoms with E-state index in [2.05, 4.69) is 52.1 Å². The summed E-state index contributed by atoms with van der Waals surface area (Å²) in [5, 5.41) is 2.89. The number of piperazine rings is 1. The minimum absolute atomic E-state index is 0.0221. The number of rotatable bonds is 7. The maximum atomic E-state index is 12.0. The van der Waals surface area contributed by atoms with Crippen molar-refractivity contribution in [3.05, 3.63) is 47.0 Å². The molecule has 33 heavy (non-hydrogen) atoms. The summed E-state index contributed by atoms with van der Waals surface area (Å²) < 4.78 is 5.89. The molecule has 0 atom stereocenters. The number of amides is 1. The zero-order valence-electron chi connectivity index (χ0n) is 20.0. The van der Waals surface area contributed by atoms with Crippen molar-refractivity contribution in [3.8, 4) is 5.88 Å². The summed E-state index contributed by atoms with van der Waals surface area (Å²) in [6.45, 7) is 10.4. The Hall–Kier alpha value is -2.60. The summed E-state index contributed by atoms with van der Waals surface area (Å²) >= 11 is 0. The van der Waals surface area contributed by atoms with Crippen molar-refractivity contribution in [2.24, 2.45) is 0 Å². The number of hydrogen-bond donors (Lipinski definition) is 1. The van der Waals surface area contributed by atoms with Crippen molar-refractivity contribution in [2.45, 2.75) is 57.8 Å². The molecule has 0 bridgehead atoms. The van der Waals surface area contributed by atoms with Gasteiger partial charge in [-0.15, -0.1) is 0 Å². The molecule has 1 saturated heterocycles. The number of nitrogens with one attached hydrogen (secondary N) is 1. The fourth-order valence-corrected chi connectivity index (χ4v) is 5.56.